The Hall–Kier alpha value is -3.16. The molecule has 0 aliphatic rings. The molecule has 0 fully saturated rings. The van der Waals surface area contributed by atoms with Gasteiger partial charge in [-0.3, -0.25) is 4.79 Å². The van der Waals surface area contributed by atoms with Crippen LogP contribution in [-0.4, -0.2) is 39.8 Å². The molecule has 0 aliphatic heterocycles. The molecule has 0 bridgehead atoms. The fraction of sp³-hybridized carbons (Fsp3) is 0.240. The lowest BCUT2D eigenvalue weighted by atomic mass is 10.1. The molecule has 0 unspecified atom stereocenters. The summed E-state index contributed by atoms with van der Waals surface area (Å²) >= 11 is 0. The molecular formula is C25H29N3O3S. The molecule has 0 atom stereocenters. The topological polar surface area (TPSA) is 69.7 Å². The van der Waals surface area contributed by atoms with Crippen molar-refractivity contribution in [2.24, 2.45) is 0 Å². The van der Waals surface area contributed by atoms with Crippen LogP contribution < -0.4 is 10.2 Å². The Morgan fingerprint density at radius 2 is 1.44 bits per heavy atom. The van der Waals surface area contributed by atoms with Crippen LogP contribution in [0, 0.1) is 0 Å². The van der Waals surface area contributed by atoms with Crippen molar-refractivity contribution < 1.29 is 13.2 Å². The van der Waals surface area contributed by atoms with E-state index in [-0.39, 0.29) is 17.3 Å². The summed E-state index contributed by atoms with van der Waals surface area (Å²) in [5.41, 5.74) is 3.69. The van der Waals surface area contributed by atoms with Gasteiger partial charge in [-0.25, -0.2) is 8.42 Å². The van der Waals surface area contributed by atoms with E-state index >= 15 is 0 Å². The Morgan fingerprint density at radius 1 is 0.812 bits per heavy atom. The predicted octanol–water partition coefficient (Wildman–Crippen LogP) is 4.14. The van der Waals surface area contributed by atoms with E-state index in [9.17, 15) is 13.2 Å². The number of hydrogen-bond acceptors (Lipinski definition) is 4. The molecule has 0 spiro atoms. The molecule has 6 nitrogen and oxygen atoms in total. The van der Waals surface area contributed by atoms with Gasteiger partial charge in [-0.15, -0.1) is 0 Å². The van der Waals surface area contributed by atoms with Crippen molar-refractivity contribution in [2.45, 2.75) is 24.3 Å². The fourth-order valence-electron chi connectivity index (χ4n) is 3.26. The first kappa shape index (κ1) is 23.5. The molecule has 3 aromatic rings. The zero-order valence-corrected chi connectivity index (χ0v) is 19.5. The lowest BCUT2D eigenvalue weighted by molar-refractivity contribution is -0.116. The van der Waals surface area contributed by atoms with E-state index in [1.807, 2.05) is 73.6 Å². The molecule has 1 amide bonds. The maximum Gasteiger partial charge on any atom is 0.243 e. The average molecular weight is 452 g/mol. The van der Waals surface area contributed by atoms with Crippen LogP contribution in [0.15, 0.2) is 83.8 Å². The summed E-state index contributed by atoms with van der Waals surface area (Å²) in [5.74, 6) is -0.113. The number of nitrogens with one attached hydrogen (secondary N) is 1. The van der Waals surface area contributed by atoms with Gasteiger partial charge in [-0.05, 0) is 53.9 Å². The summed E-state index contributed by atoms with van der Waals surface area (Å²) in [6.07, 6.45) is 0.984. The second-order valence-electron chi connectivity index (χ2n) is 7.88. The third-order valence-electron chi connectivity index (χ3n) is 5.19. The van der Waals surface area contributed by atoms with Crippen LogP contribution in [-0.2, 0) is 27.8 Å². The van der Waals surface area contributed by atoms with Crippen molar-refractivity contribution in [3.8, 4) is 0 Å². The summed E-state index contributed by atoms with van der Waals surface area (Å²) in [6.45, 7) is 0.289. The highest BCUT2D eigenvalue weighted by Gasteiger charge is 2.20. The van der Waals surface area contributed by atoms with Crippen molar-refractivity contribution in [3.63, 3.8) is 0 Å². The Morgan fingerprint density at radius 3 is 2.03 bits per heavy atom. The number of carbonyl (C=O) groups excluding carboxylic acids is 1. The summed E-state index contributed by atoms with van der Waals surface area (Å²) < 4.78 is 27.0. The fourth-order valence-corrected chi connectivity index (χ4v) is 4.42. The van der Waals surface area contributed by atoms with Gasteiger partial charge in [-0.2, -0.15) is 4.31 Å². The van der Waals surface area contributed by atoms with Crippen molar-refractivity contribution in [1.82, 2.24) is 4.31 Å². The molecule has 0 radical (unpaired) electrons. The molecule has 3 rings (SSSR count). The number of amides is 1. The maximum absolute atomic E-state index is 12.8. The molecule has 0 aromatic heterocycles. The van der Waals surface area contributed by atoms with Crippen LogP contribution in [0.4, 0.5) is 11.4 Å². The predicted molar refractivity (Wildman–Crippen MR) is 129 cm³/mol. The molecule has 0 saturated heterocycles. The van der Waals surface area contributed by atoms with Gasteiger partial charge in [0.05, 0.1) is 4.90 Å². The van der Waals surface area contributed by atoms with Crippen LogP contribution in [0.1, 0.15) is 17.5 Å². The van der Waals surface area contributed by atoms with Crippen molar-refractivity contribution in [2.75, 3.05) is 31.4 Å². The van der Waals surface area contributed by atoms with Crippen LogP contribution >= 0.6 is 0 Å². The van der Waals surface area contributed by atoms with Gasteiger partial charge in [0.25, 0.3) is 0 Å². The maximum atomic E-state index is 12.8. The molecule has 3 aromatic carbocycles. The van der Waals surface area contributed by atoms with Crippen LogP contribution in [0.5, 0.6) is 0 Å². The highest BCUT2D eigenvalue weighted by molar-refractivity contribution is 7.89. The number of aryl methyl sites for hydroxylation is 1. The largest absolute Gasteiger partial charge is 0.378 e. The highest BCUT2D eigenvalue weighted by Crippen LogP contribution is 2.20. The third-order valence-corrected chi connectivity index (χ3v) is 7.01. The zero-order valence-electron chi connectivity index (χ0n) is 18.7. The van der Waals surface area contributed by atoms with E-state index < -0.39 is 10.0 Å². The lowest BCUT2D eigenvalue weighted by Crippen LogP contribution is -2.26. The highest BCUT2D eigenvalue weighted by atomic mass is 32.2. The first-order valence-electron chi connectivity index (χ1n) is 10.4. The van der Waals surface area contributed by atoms with Gasteiger partial charge in [0.2, 0.25) is 15.9 Å². The monoisotopic (exact) mass is 451 g/mol. The number of benzene rings is 3. The number of anilines is 2. The molecule has 7 heteroatoms. The minimum atomic E-state index is -3.62. The summed E-state index contributed by atoms with van der Waals surface area (Å²) in [6, 6.07) is 23.8. The summed E-state index contributed by atoms with van der Waals surface area (Å²) in [4.78, 5) is 14.5. The normalized spacial score (nSPS) is 11.4. The molecule has 0 heterocycles. The van der Waals surface area contributed by atoms with Gasteiger partial charge in [0, 0.05) is 45.5 Å². The Balaban J connectivity index is 1.55. The smallest absolute Gasteiger partial charge is 0.243 e. The van der Waals surface area contributed by atoms with Gasteiger partial charge >= 0.3 is 0 Å². The second-order valence-corrected chi connectivity index (χ2v) is 9.92. The first-order valence-corrected chi connectivity index (χ1v) is 11.9. The summed E-state index contributed by atoms with van der Waals surface area (Å²) in [7, 11) is 1.91. The van der Waals surface area contributed by atoms with Crippen molar-refractivity contribution in [3.05, 3.63) is 90.0 Å². The molecule has 1 N–H and O–H groups in total. The van der Waals surface area contributed by atoms with Crippen LogP contribution in [0.3, 0.4) is 0 Å². The van der Waals surface area contributed by atoms with Gasteiger partial charge in [-0.1, -0.05) is 42.5 Å². The van der Waals surface area contributed by atoms with E-state index in [0.717, 1.165) is 16.8 Å². The first-order chi connectivity index (χ1) is 15.3. The third kappa shape index (κ3) is 6.18. The van der Waals surface area contributed by atoms with Gasteiger partial charge < -0.3 is 10.2 Å². The van der Waals surface area contributed by atoms with Gasteiger partial charge in [0.1, 0.15) is 0 Å². The van der Waals surface area contributed by atoms with E-state index in [2.05, 4.69) is 5.32 Å². The Labute approximate surface area is 190 Å². The Bertz CT molecular complexity index is 1130. The molecule has 0 saturated carbocycles. The van der Waals surface area contributed by atoms with Crippen molar-refractivity contribution in [1.29, 1.82) is 0 Å². The number of hydrogen-bond donors (Lipinski definition) is 1. The number of sulfonamides is 1. The van der Waals surface area contributed by atoms with E-state index in [1.165, 1.54) is 16.4 Å². The minimum Gasteiger partial charge on any atom is -0.378 e. The standard InChI is InChI=1S/C25H29N3O3S/c1-27(2)23-14-9-20(10-15-23)11-18-25(29)26-22-12-16-24(17-13-22)32(30,31)28(3)19-21-7-5-4-6-8-21/h4-10,12-17H,11,18-19H2,1-3H3,(H,26,29). The number of carbonyl (C=O) groups is 1. The minimum absolute atomic E-state index is 0.113. The Kier molecular flexibility index (Phi) is 7.66. The molecule has 168 valence electrons. The second kappa shape index (κ2) is 10.4. The van der Waals surface area contributed by atoms with Crippen molar-refractivity contribution >= 4 is 27.3 Å². The molecular weight excluding hydrogens is 422 g/mol. The zero-order chi connectivity index (χ0) is 23.1. The average Bonchev–Trinajstić information content (AvgIpc) is 2.79. The SMILES string of the molecule is CN(C)c1ccc(CCC(=O)Nc2ccc(S(=O)(=O)N(C)Cc3ccccc3)cc2)cc1. The quantitative estimate of drug-likeness (QED) is 0.531. The summed E-state index contributed by atoms with van der Waals surface area (Å²) in [5, 5.41) is 2.83. The number of nitrogens with zero attached hydrogens (tertiary/aromatic N) is 2. The van der Waals surface area contributed by atoms with Gasteiger partial charge in [0.15, 0.2) is 0 Å². The van der Waals surface area contributed by atoms with E-state index in [0.29, 0.717) is 18.5 Å². The van der Waals surface area contributed by atoms with Crippen LogP contribution in [0.2, 0.25) is 0 Å². The lowest BCUT2D eigenvalue weighted by Gasteiger charge is -2.17. The van der Waals surface area contributed by atoms with E-state index in [1.54, 1.807) is 19.2 Å². The van der Waals surface area contributed by atoms with E-state index in [4.69, 9.17) is 0 Å². The molecule has 32 heavy (non-hydrogen) atoms. The number of rotatable bonds is 9. The molecule has 0 aliphatic carbocycles. The van der Waals surface area contributed by atoms with Crippen LogP contribution in [0.25, 0.3) is 0 Å².